The van der Waals surface area contributed by atoms with E-state index in [1.165, 1.54) is 6.07 Å². The first kappa shape index (κ1) is 16.4. The van der Waals surface area contributed by atoms with E-state index in [0.717, 1.165) is 12.1 Å². The first-order valence-corrected chi connectivity index (χ1v) is 8.47. The average Bonchev–Trinajstić information content (AvgIpc) is 2.34. The van der Waals surface area contributed by atoms with Crippen LogP contribution in [0.2, 0.25) is 0 Å². The molecule has 1 unspecified atom stereocenters. The number of nitrogens with zero attached hydrogens (tertiary/aromatic N) is 1. The summed E-state index contributed by atoms with van der Waals surface area (Å²) >= 11 is 0. The van der Waals surface area contributed by atoms with Gasteiger partial charge in [0, 0.05) is 16.7 Å². The Bertz CT molecular complexity index is 903. The number of nitrogens with two attached hydrogens (primary N) is 1. The van der Waals surface area contributed by atoms with Gasteiger partial charge in [-0.15, -0.1) is 0 Å². The lowest BCUT2D eigenvalue weighted by Gasteiger charge is -2.24. The highest BCUT2D eigenvalue weighted by molar-refractivity contribution is 7.87. The molecule has 4 N–H and O–H groups in total. The Morgan fingerprint density at radius 1 is 1.23 bits per heavy atom. The Kier molecular flexibility index (Phi) is 3.52. The van der Waals surface area contributed by atoms with Crippen LogP contribution in [0.5, 0.6) is 0 Å². The van der Waals surface area contributed by atoms with Gasteiger partial charge in [0.1, 0.15) is 4.90 Å². The van der Waals surface area contributed by atoms with E-state index in [4.69, 9.17) is 5.73 Å². The first-order chi connectivity index (χ1) is 9.88. The molecule has 1 atom stereocenters. The second-order valence-corrected chi connectivity index (χ2v) is 7.70. The zero-order valence-electron chi connectivity index (χ0n) is 10.7. The Hall–Kier alpha value is -2.02. The summed E-state index contributed by atoms with van der Waals surface area (Å²) in [5, 5.41) is 11.1. The predicted molar refractivity (Wildman–Crippen MR) is 74.7 cm³/mol. The van der Waals surface area contributed by atoms with Gasteiger partial charge in [0.25, 0.3) is 10.1 Å². The van der Waals surface area contributed by atoms with Gasteiger partial charge >= 0.3 is 15.0 Å². The minimum Gasteiger partial charge on any atom is -0.399 e. The Balaban J connectivity index is 2.82. The highest BCUT2D eigenvalue weighted by atomic mass is 32.2. The lowest BCUT2D eigenvalue weighted by molar-refractivity contribution is -0.527. The van der Waals surface area contributed by atoms with Crippen molar-refractivity contribution >= 4 is 32.0 Å². The van der Waals surface area contributed by atoms with Gasteiger partial charge in [-0.1, -0.05) is 6.08 Å². The molecule has 1 aliphatic carbocycles. The van der Waals surface area contributed by atoms with Gasteiger partial charge in [-0.2, -0.15) is 16.8 Å². The molecule has 12 heteroatoms. The van der Waals surface area contributed by atoms with E-state index in [0.29, 0.717) is 6.08 Å². The summed E-state index contributed by atoms with van der Waals surface area (Å²) in [4.78, 5) is 6.21. The number of anilines is 1. The molecule has 0 saturated carbocycles. The average molecular weight is 350 g/mol. The standard InChI is InChI=1S/C10H10N2O8S2/c11-7-3-6-1-2-10(12(13)14,22(18,19)20)5-8(6)9(4-7)21(15,16)17/h1-4H,5,11H2,(H,15,16,17)(H,18,19,20). The first-order valence-electron chi connectivity index (χ1n) is 5.59. The van der Waals surface area contributed by atoms with Gasteiger partial charge < -0.3 is 5.73 Å². The molecule has 0 radical (unpaired) electrons. The molecule has 0 fully saturated rings. The van der Waals surface area contributed by atoms with Crippen LogP contribution in [0.25, 0.3) is 6.08 Å². The van der Waals surface area contributed by atoms with Gasteiger partial charge in [0.15, 0.2) is 0 Å². The molecular weight excluding hydrogens is 340 g/mol. The van der Waals surface area contributed by atoms with Gasteiger partial charge in [0.2, 0.25) is 0 Å². The second-order valence-electron chi connectivity index (χ2n) is 4.65. The minimum absolute atomic E-state index is 0.0449. The number of nitrogen functional groups attached to an aromatic ring is 1. The van der Waals surface area contributed by atoms with Crippen molar-refractivity contribution in [2.45, 2.75) is 16.2 Å². The van der Waals surface area contributed by atoms with Crippen LogP contribution in [0.1, 0.15) is 11.1 Å². The van der Waals surface area contributed by atoms with Crippen LogP contribution < -0.4 is 5.73 Å². The second kappa shape index (κ2) is 4.74. The van der Waals surface area contributed by atoms with Crippen molar-refractivity contribution < 1.29 is 30.9 Å². The van der Waals surface area contributed by atoms with E-state index in [9.17, 15) is 36.1 Å². The van der Waals surface area contributed by atoms with Crippen LogP contribution in [0.15, 0.2) is 23.1 Å². The van der Waals surface area contributed by atoms with Crippen LogP contribution in [0, 0.1) is 10.1 Å². The maximum Gasteiger partial charge on any atom is 0.365 e. The molecule has 0 bridgehead atoms. The summed E-state index contributed by atoms with van der Waals surface area (Å²) < 4.78 is 64.0. The molecule has 1 aromatic rings. The van der Waals surface area contributed by atoms with Crippen LogP contribution in [-0.2, 0) is 26.7 Å². The summed E-state index contributed by atoms with van der Waals surface area (Å²) in [7, 11) is -10.00. The Labute approximate surface area is 124 Å². The van der Waals surface area contributed by atoms with E-state index in [-0.39, 0.29) is 16.8 Å². The van der Waals surface area contributed by atoms with Crippen molar-refractivity contribution in [3.05, 3.63) is 39.4 Å². The Morgan fingerprint density at radius 2 is 1.82 bits per heavy atom. The topological polar surface area (TPSA) is 178 Å². The maximum atomic E-state index is 11.4. The monoisotopic (exact) mass is 350 g/mol. The molecule has 1 aliphatic rings. The molecule has 1 aromatic carbocycles. The molecule has 2 rings (SSSR count). The zero-order chi connectivity index (χ0) is 16.9. The van der Waals surface area contributed by atoms with Crippen LogP contribution in [0.4, 0.5) is 5.69 Å². The summed E-state index contributed by atoms with van der Waals surface area (Å²) in [6, 6.07) is 2.11. The zero-order valence-corrected chi connectivity index (χ0v) is 12.3. The lowest BCUT2D eigenvalue weighted by Crippen LogP contribution is -2.47. The normalized spacial score (nSPS) is 21.4. The molecule has 0 heterocycles. The van der Waals surface area contributed by atoms with E-state index >= 15 is 0 Å². The number of rotatable bonds is 3. The Morgan fingerprint density at radius 3 is 2.27 bits per heavy atom. The SMILES string of the molecule is Nc1cc2c(c(S(=O)(=O)O)c1)CC([N+](=O)[O-])(S(=O)(=O)O)C=C2. The van der Waals surface area contributed by atoms with E-state index in [2.05, 4.69) is 0 Å². The van der Waals surface area contributed by atoms with E-state index in [1.54, 1.807) is 0 Å². The summed E-state index contributed by atoms with van der Waals surface area (Å²) in [5.41, 5.74) is 5.20. The highest BCUT2D eigenvalue weighted by Crippen LogP contribution is 2.36. The number of nitro groups is 1. The quantitative estimate of drug-likeness (QED) is 0.291. The van der Waals surface area contributed by atoms with E-state index in [1.807, 2.05) is 0 Å². The van der Waals surface area contributed by atoms with Crippen molar-refractivity contribution in [2.75, 3.05) is 5.73 Å². The van der Waals surface area contributed by atoms with E-state index < -0.39 is 41.3 Å². The molecule has 22 heavy (non-hydrogen) atoms. The third-order valence-electron chi connectivity index (χ3n) is 3.25. The summed E-state index contributed by atoms with van der Waals surface area (Å²) in [6.45, 7) is 0. The van der Waals surface area contributed by atoms with Crippen LogP contribution >= 0.6 is 0 Å². The lowest BCUT2D eigenvalue weighted by atomic mass is 9.93. The van der Waals surface area contributed by atoms with Crippen LogP contribution in [-0.4, -0.2) is 35.7 Å². The predicted octanol–water partition coefficient (Wildman–Crippen LogP) is -0.0544. The van der Waals surface area contributed by atoms with Crippen molar-refractivity contribution in [1.82, 2.24) is 0 Å². The third kappa shape index (κ3) is 2.45. The highest BCUT2D eigenvalue weighted by Gasteiger charge is 2.55. The molecule has 0 aromatic heterocycles. The van der Waals surface area contributed by atoms with Gasteiger partial charge in [-0.3, -0.25) is 19.2 Å². The van der Waals surface area contributed by atoms with Gasteiger partial charge in [-0.05, 0) is 23.3 Å². The number of fused-ring (bicyclic) bond motifs is 1. The number of hydrogen-bond donors (Lipinski definition) is 3. The fraction of sp³-hybridized carbons (Fsp3) is 0.200. The van der Waals surface area contributed by atoms with Gasteiger partial charge in [-0.25, -0.2) is 0 Å². The third-order valence-corrected chi connectivity index (χ3v) is 5.50. The molecular formula is C10H10N2O8S2. The van der Waals surface area contributed by atoms with Crippen molar-refractivity contribution in [1.29, 1.82) is 0 Å². The molecule has 0 aliphatic heterocycles. The largest absolute Gasteiger partial charge is 0.399 e. The number of hydrogen-bond acceptors (Lipinski definition) is 7. The summed E-state index contributed by atoms with van der Waals surface area (Å²) in [6.07, 6.45) is 0.623. The summed E-state index contributed by atoms with van der Waals surface area (Å²) in [5.74, 6) is 0. The smallest absolute Gasteiger partial charge is 0.365 e. The van der Waals surface area contributed by atoms with Crippen molar-refractivity contribution in [2.24, 2.45) is 0 Å². The van der Waals surface area contributed by atoms with Crippen molar-refractivity contribution in [3.63, 3.8) is 0 Å². The molecule has 0 spiro atoms. The maximum absolute atomic E-state index is 11.4. The molecule has 120 valence electrons. The van der Waals surface area contributed by atoms with Gasteiger partial charge in [0.05, 0.1) is 6.42 Å². The van der Waals surface area contributed by atoms with Crippen LogP contribution in [0.3, 0.4) is 0 Å². The molecule has 0 saturated heterocycles. The molecule has 10 nitrogen and oxygen atoms in total. The van der Waals surface area contributed by atoms with Crippen molar-refractivity contribution in [3.8, 4) is 0 Å². The minimum atomic E-state index is -5.20. The number of benzene rings is 1. The molecule has 0 amide bonds. The fourth-order valence-corrected chi connectivity index (χ4v) is 3.73. The fourth-order valence-electron chi connectivity index (χ4n) is 2.19.